The molecule has 1 aromatic rings. The first kappa shape index (κ1) is 21.7. The second-order valence-corrected chi connectivity index (χ2v) is 8.31. The van der Waals surface area contributed by atoms with Gasteiger partial charge in [-0.15, -0.1) is 0 Å². The number of ether oxygens (including phenoxy) is 1. The van der Waals surface area contributed by atoms with Crippen LogP contribution in [0.15, 0.2) is 24.3 Å². The summed E-state index contributed by atoms with van der Waals surface area (Å²) in [7, 11) is 0. The first-order valence-corrected chi connectivity index (χ1v) is 10.1. The van der Waals surface area contributed by atoms with E-state index in [-0.39, 0.29) is 23.8 Å². The minimum Gasteiger partial charge on any atom is -0.378 e. The first-order valence-electron chi connectivity index (χ1n) is 9.76. The fourth-order valence-electron chi connectivity index (χ4n) is 3.56. The number of rotatable bonds is 7. The molecule has 1 saturated heterocycles. The van der Waals surface area contributed by atoms with E-state index in [1.165, 1.54) is 0 Å². The summed E-state index contributed by atoms with van der Waals surface area (Å²) in [4.78, 5) is 25.3. The predicted octanol–water partition coefficient (Wildman–Crippen LogP) is 3.66. The fraction of sp³-hybridized carbons (Fsp3) is 0.619. The Kier molecular flexibility index (Phi) is 8.11. The van der Waals surface area contributed by atoms with Crippen molar-refractivity contribution in [2.45, 2.75) is 52.7 Å². The van der Waals surface area contributed by atoms with Crippen molar-refractivity contribution in [3.63, 3.8) is 0 Å². The van der Waals surface area contributed by atoms with Crippen molar-refractivity contribution >= 4 is 23.4 Å². The third-order valence-corrected chi connectivity index (χ3v) is 5.37. The number of halogens is 1. The number of hydrogen-bond donors (Lipinski definition) is 2. The Morgan fingerprint density at radius 2 is 1.93 bits per heavy atom. The molecule has 1 aliphatic heterocycles. The number of benzene rings is 1. The lowest BCUT2D eigenvalue weighted by Gasteiger charge is -2.35. The highest BCUT2D eigenvalue weighted by Gasteiger charge is 2.30. The lowest BCUT2D eigenvalue weighted by molar-refractivity contribution is -0.125. The van der Waals surface area contributed by atoms with Crippen molar-refractivity contribution in [3.8, 4) is 0 Å². The average Bonchev–Trinajstić information content (AvgIpc) is 2.64. The number of carbonyl (C=O) groups is 2. The standard InChI is InChI=1S/C21H31ClN2O3/c1-13(2)18(24-20(25)16-9-5-6-10-17(16)22)21(26)23-12-15-8-7-11-27-19(15)14(3)4/h5-6,9-10,13-15,18-19H,7-8,11-12H2,1-4H3,(H,23,26)(H,24,25)/t15-,18+,19-/m1/s1. The van der Waals surface area contributed by atoms with Gasteiger partial charge in [0.2, 0.25) is 5.91 Å². The molecule has 1 aromatic carbocycles. The smallest absolute Gasteiger partial charge is 0.253 e. The number of carbonyl (C=O) groups excluding carboxylic acids is 2. The molecule has 0 bridgehead atoms. The van der Waals surface area contributed by atoms with E-state index in [1.807, 2.05) is 13.8 Å². The molecule has 0 saturated carbocycles. The molecule has 1 aliphatic rings. The predicted molar refractivity (Wildman–Crippen MR) is 108 cm³/mol. The number of hydrogen-bond acceptors (Lipinski definition) is 3. The van der Waals surface area contributed by atoms with Gasteiger partial charge < -0.3 is 15.4 Å². The van der Waals surface area contributed by atoms with E-state index >= 15 is 0 Å². The van der Waals surface area contributed by atoms with Crippen LogP contribution >= 0.6 is 11.6 Å². The summed E-state index contributed by atoms with van der Waals surface area (Å²) < 4.78 is 5.89. The van der Waals surface area contributed by atoms with E-state index in [2.05, 4.69) is 24.5 Å². The zero-order chi connectivity index (χ0) is 20.0. The Hall–Kier alpha value is -1.59. The van der Waals surface area contributed by atoms with Crippen molar-refractivity contribution in [2.24, 2.45) is 17.8 Å². The highest BCUT2D eigenvalue weighted by Crippen LogP contribution is 2.25. The summed E-state index contributed by atoms with van der Waals surface area (Å²) in [5.41, 5.74) is 0.373. The van der Waals surface area contributed by atoms with Crippen molar-refractivity contribution in [1.29, 1.82) is 0 Å². The average molecular weight is 395 g/mol. The zero-order valence-electron chi connectivity index (χ0n) is 16.6. The Bertz CT molecular complexity index is 648. The molecule has 0 spiro atoms. The van der Waals surface area contributed by atoms with Gasteiger partial charge in [0.05, 0.1) is 16.7 Å². The second-order valence-electron chi connectivity index (χ2n) is 7.90. The molecule has 27 heavy (non-hydrogen) atoms. The highest BCUT2D eigenvalue weighted by molar-refractivity contribution is 6.33. The van der Waals surface area contributed by atoms with Gasteiger partial charge in [-0.25, -0.2) is 0 Å². The maximum atomic E-state index is 12.8. The quantitative estimate of drug-likeness (QED) is 0.741. The molecule has 1 fully saturated rings. The molecule has 2 N–H and O–H groups in total. The largest absolute Gasteiger partial charge is 0.378 e. The highest BCUT2D eigenvalue weighted by atomic mass is 35.5. The molecule has 1 heterocycles. The maximum absolute atomic E-state index is 12.8. The molecule has 3 atom stereocenters. The summed E-state index contributed by atoms with van der Waals surface area (Å²) in [6.45, 7) is 9.47. The normalized spacial score (nSPS) is 21.1. The third kappa shape index (κ3) is 5.94. The molecule has 150 valence electrons. The van der Waals surface area contributed by atoms with Crippen LogP contribution in [-0.4, -0.2) is 37.1 Å². The van der Waals surface area contributed by atoms with Crippen molar-refractivity contribution in [1.82, 2.24) is 10.6 Å². The van der Waals surface area contributed by atoms with E-state index in [0.29, 0.717) is 29.0 Å². The van der Waals surface area contributed by atoms with Gasteiger partial charge in [-0.3, -0.25) is 9.59 Å². The van der Waals surface area contributed by atoms with Crippen LogP contribution in [0.2, 0.25) is 5.02 Å². The minimum absolute atomic E-state index is 0.0417. The van der Waals surface area contributed by atoms with Crippen LogP contribution < -0.4 is 10.6 Å². The van der Waals surface area contributed by atoms with Gasteiger partial charge in [-0.1, -0.05) is 51.4 Å². The number of nitrogens with one attached hydrogen (secondary N) is 2. The van der Waals surface area contributed by atoms with Crippen molar-refractivity contribution in [3.05, 3.63) is 34.9 Å². The zero-order valence-corrected chi connectivity index (χ0v) is 17.4. The Morgan fingerprint density at radius 1 is 1.22 bits per heavy atom. The van der Waals surface area contributed by atoms with Gasteiger partial charge in [-0.2, -0.15) is 0 Å². The van der Waals surface area contributed by atoms with E-state index in [9.17, 15) is 9.59 Å². The van der Waals surface area contributed by atoms with Crippen LogP contribution in [0, 0.1) is 17.8 Å². The minimum atomic E-state index is -0.615. The van der Waals surface area contributed by atoms with Crippen molar-refractivity contribution in [2.75, 3.05) is 13.2 Å². The molecule has 6 heteroatoms. The van der Waals surface area contributed by atoms with E-state index in [4.69, 9.17) is 16.3 Å². The van der Waals surface area contributed by atoms with Crippen molar-refractivity contribution < 1.29 is 14.3 Å². The molecule has 0 radical (unpaired) electrons. The van der Waals surface area contributed by atoms with Gasteiger partial charge in [0.15, 0.2) is 0 Å². The molecule has 2 amide bonds. The maximum Gasteiger partial charge on any atom is 0.253 e. The summed E-state index contributed by atoms with van der Waals surface area (Å²) in [5, 5.41) is 6.22. The summed E-state index contributed by atoms with van der Waals surface area (Å²) >= 11 is 6.09. The van der Waals surface area contributed by atoms with Gasteiger partial charge >= 0.3 is 0 Å². The van der Waals surface area contributed by atoms with Gasteiger partial charge in [-0.05, 0) is 36.8 Å². The Balaban J connectivity index is 1.98. The molecule has 5 nitrogen and oxygen atoms in total. The molecule has 0 unspecified atom stereocenters. The second kappa shape index (κ2) is 10.1. The number of amides is 2. The summed E-state index contributed by atoms with van der Waals surface area (Å²) in [6.07, 6.45) is 2.22. The van der Waals surface area contributed by atoms with E-state index in [0.717, 1.165) is 19.4 Å². The topological polar surface area (TPSA) is 67.4 Å². The molecule has 0 aliphatic carbocycles. The van der Waals surface area contributed by atoms with Crippen LogP contribution in [0.1, 0.15) is 50.9 Å². The van der Waals surface area contributed by atoms with Crippen LogP contribution in [0.4, 0.5) is 0 Å². The third-order valence-electron chi connectivity index (χ3n) is 5.04. The fourth-order valence-corrected chi connectivity index (χ4v) is 3.78. The SMILES string of the molecule is CC(C)[C@H](NC(=O)c1ccccc1Cl)C(=O)NC[C@H]1CCCO[C@@H]1C(C)C. The van der Waals surface area contributed by atoms with E-state index < -0.39 is 6.04 Å². The molecular formula is C21H31ClN2O3. The summed E-state index contributed by atoms with van der Waals surface area (Å²) in [6, 6.07) is 6.22. The first-order chi connectivity index (χ1) is 12.8. The van der Waals surface area contributed by atoms with Crippen LogP contribution in [0.3, 0.4) is 0 Å². The van der Waals surface area contributed by atoms with Crippen LogP contribution in [0.25, 0.3) is 0 Å². The Morgan fingerprint density at radius 3 is 2.56 bits per heavy atom. The van der Waals surface area contributed by atoms with Gasteiger partial charge in [0.25, 0.3) is 5.91 Å². The molecule has 0 aromatic heterocycles. The van der Waals surface area contributed by atoms with Crippen LogP contribution in [-0.2, 0) is 9.53 Å². The van der Waals surface area contributed by atoms with Gasteiger partial charge in [0, 0.05) is 19.1 Å². The lowest BCUT2D eigenvalue weighted by atomic mass is 9.87. The Labute approximate surface area is 167 Å². The molecule has 2 rings (SSSR count). The van der Waals surface area contributed by atoms with E-state index in [1.54, 1.807) is 24.3 Å². The van der Waals surface area contributed by atoms with Gasteiger partial charge in [0.1, 0.15) is 6.04 Å². The van der Waals surface area contributed by atoms with Crippen LogP contribution in [0.5, 0.6) is 0 Å². The molecular weight excluding hydrogens is 364 g/mol. The summed E-state index contributed by atoms with van der Waals surface area (Å²) in [5.74, 6) is 0.164. The monoisotopic (exact) mass is 394 g/mol. The lowest BCUT2D eigenvalue weighted by Crippen LogP contribution is -2.51.